The number of ether oxygens (including phenoxy) is 1. The first-order valence-electron chi connectivity index (χ1n) is 6.57. The van der Waals surface area contributed by atoms with Crippen molar-refractivity contribution in [2.75, 3.05) is 13.1 Å². The maximum absolute atomic E-state index is 12.4. The molecule has 0 radical (unpaired) electrons. The molecule has 0 bridgehead atoms. The molecule has 1 aromatic heterocycles. The van der Waals surface area contributed by atoms with Gasteiger partial charge in [-0.1, -0.05) is 0 Å². The Hall–Kier alpha value is -1.79. The average molecular weight is 302 g/mol. The highest BCUT2D eigenvalue weighted by molar-refractivity contribution is 5.69. The highest BCUT2D eigenvalue weighted by atomic mass is 19.4. The van der Waals surface area contributed by atoms with Crippen LogP contribution in [0.2, 0.25) is 0 Å². The van der Waals surface area contributed by atoms with Crippen LogP contribution >= 0.6 is 0 Å². The third kappa shape index (κ3) is 3.86. The quantitative estimate of drug-likeness (QED) is 0.798. The number of amides is 1. The summed E-state index contributed by atoms with van der Waals surface area (Å²) in [5.74, 6) is -0.0418. The molecule has 4 nitrogen and oxygen atoms in total. The normalized spacial score (nSPS) is 16.6. The number of aromatic nitrogens is 1. The molecule has 0 unspecified atom stereocenters. The van der Waals surface area contributed by atoms with Gasteiger partial charge in [0, 0.05) is 30.9 Å². The van der Waals surface area contributed by atoms with E-state index in [9.17, 15) is 18.0 Å². The molecule has 0 saturated carbocycles. The number of hydrogen-bond acceptors (Lipinski definition) is 3. The fourth-order valence-electron chi connectivity index (χ4n) is 1.96. The summed E-state index contributed by atoms with van der Waals surface area (Å²) in [6.07, 6.45) is -3.97. The molecule has 1 aliphatic rings. The van der Waals surface area contributed by atoms with Crippen molar-refractivity contribution in [3.8, 4) is 0 Å². The van der Waals surface area contributed by atoms with Crippen LogP contribution in [-0.2, 0) is 10.9 Å². The number of hydrogen-bond donors (Lipinski definition) is 0. The molecule has 2 heterocycles. The Morgan fingerprint density at radius 1 is 1.29 bits per heavy atom. The van der Waals surface area contributed by atoms with Crippen LogP contribution < -0.4 is 0 Å². The minimum absolute atomic E-state index is 0.0418. The van der Waals surface area contributed by atoms with Gasteiger partial charge in [0.05, 0.1) is 5.56 Å². The number of halogens is 3. The summed E-state index contributed by atoms with van der Waals surface area (Å²) >= 11 is 0. The molecule has 2 rings (SSSR count). The molecule has 1 saturated heterocycles. The van der Waals surface area contributed by atoms with E-state index in [1.54, 1.807) is 20.8 Å². The number of rotatable bonds is 1. The number of pyridine rings is 1. The molecule has 21 heavy (non-hydrogen) atoms. The molecule has 0 N–H and O–H groups in total. The summed E-state index contributed by atoms with van der Waals surface area (Å²) in [5, 5.41) is 0. The van der Waals surface area contributed by atoms with Gasteiger partial charge in [0.15, 0.2) is 0 Å². The average Bonchev–Trinajstić information content (AvgIpc) is 2.23. The molecule has 1 aliphatic heterocycles. The summed E-state index contributed by atoms with van der Waals surface area (Å²) in [6.45, 7) is 6.15. The van der Waals surface area contributed by atoms with Crippen LogP contribution in [0, 0.1) is 0 Å². The first-order chi connectivity index (χ1) is 9.56. The van der Waals surface area contributed by atoms with Crippen molar-refractivity contribution in [2.24, 2.45) is 0 Å². The second kappa shape index (κ2) is 5.20. The Morgan fingerprint density at radius 2 is 1.90 bits per heavy atom. The second-order valence-corrected chi connectivity index (χ2v) is 6.05. The van der Waals surface area contributed by atoms with Crippen LogP contribution in [0.25, 0.3) is 0 Å². The third-order valence-electron chi connectivity index (χ3n) is 3.07. The zero-order valence-electron chi connectivity index (χ0n) is 12.1. The largest absolute Gasteiger partial charge is 0.444 e. The van der Waals surface area contributed by atoms with Crippen LogP contribution in [0.4, 0.5) is 18.0 Å². The zero-order valence-corrected chi connectivity index (χ0v) is 12.1. The van der Waals surface area contributed by atoms with Gasteiger partial charge in [-0.2, -0.15) is 13.2 Å². The summed E-state index contributed by atoms with van der Waals surface area (Å²) < 4.78 is 42.5. The fraction of sp³-hybridized carbons (Fsp3) is 0.571. The van der Waals surface area contributed by atoms with E-state index in [0.717, 1.165) is 12.3 Å². The van der Waals surface area contributed by atoms with E-state index in [2.05, 4.69) is 4.98 Å². The van der Waals surface area contributed by atoms with Crippen molar-refractivity contribution in [2.45, 2.75) is 38.5 Å². The van der Waals surface area contributed by atoms with Crippen LogP contribution in [0.1, 0.15) is 37.9 Å². The van der Waals surface area contributed by atoms with Crippen LogP contribution in [0.5, 0.6) is 0 Å². The first kappa shape index (κ1) is 15.6. The number of nitrogens with zero attached hydrogens (tertiary/aromatic N) is 2. The maximum atomic E-state index is 12.4. The van der Waals surface area contributed by atoms with Gasteiger partial charge in [0.2, 0.25) is 0 Å². The lowest BCUT2D eigenvalue weighted by Crippen LogP contribution is -2.50. The van der Waals surface area contributed by atoms with Crippen molar-refractivity contribution in [3.05, 3.63) is 29.6 Å². The van der Waals surface area contributed by atoms with E-state index in [4.69, 9.17) is 4.74 Å². The lowest BCUT2D eigenvalue weighted by atomic mass is 9.96. The minimum atomic E-state index is -4.38. The molecule has 0 spiro atoms. The Labute approximate surface area is 120 Å². The predicted molar refractivity (Wildman–Crippen MR) is 69.8 cm³/mol. The summed E-state index contributed by atoms with van der Waals surface area (Å²) in [6, 6.07) is 2.37. The predicted octanol–water partition coefficient (Wildman–Crippen LogP) is 3.43. The van der Waals surface area contributed by atoms with Crippen molar-refractivity contribution >= 4 is 6.09 Å². The van der Waals surface area contributed by atoms with E-state index in [1.165, 1.54) is 11.0 Å². The molecule has 116 valence electrons. The van der Waals surface area contributed by atoms with Gasteiger partial charge >= 0.3 is 12.3 Å². The molecular weight excluding hydrogens is 285 g/mol. The van der Waals surface area contributed by atoms with Gasteiger partial charge in [-0.3, -0.25) is 4.98 Å². The van der Waals surface area contributed by atoms with Crippen LogP contribution in [-0.4, -0.2) is 34.7 Å². The number of carbonyl (C=O) groups excluding carboxylic acids is 1. The van der Waals surface area contributed by atoms with Crippen LogP contribution in [0.15, 0.2) is 18.3 Å². The van der Waals surface area contributed by atoms with Crippen molar-refractivity contribution < 1.29 is 22.7 Å². The lowest BCUT2D eigenvalue weighted by molar-refractivity contribution is -0.137. The van der Waals surface area contributed by atoms with E-state index in [-0.39, 0.29) is 5.92 Å². The van der Waals surface area contributed by atoms with Gasteiger partial charge in [-0.15, -0.1) is 0 Å². The summed E-state index contributed by atoms with van der Waals surface area (Å²) in [4.78, 5) is 17.1. The van der Waals surface area contributed by atoms with E-state index in [1.807, 2.05) is 0 Å². The molecule has 1 fully saturated rings. The van der Waals surface area contributed by atoms with Crippen molar-refractivity contribution in [3.63, 3.8) is 0 Å². The van der Waals surface area contributed by atoms with Crippen molar-refractivity contribution in [1.82, 2.24) is 9.88 Å². The molecule has 0 aromatic carbocycles. The Balaban J connectivity index is 1.91. The Morgan fingerprint density at radius 3 is 2.33 bits per heavy atom. The van der Waals surface area contributed by atoms with E-state index >= 15 is 0 Å². The SMILES string of the molecule is CC(C)(C)OC(=O)N1CC(c2ccc(C(F)(F)F)cn2)C1. The zero-order chi connectivity index (χ0) is 15.8. The topological polar surface area (TPSA) is 42.4 Å². The molecule has 1 amide bonds. The van der Waals surface area contributed by atoms with Gasteiger partial charge < -0.3 is 9.64 Å². The summed E-state index contributed by atoms with van der Waals surface area (Å²) in [5.41, 5.74) is -0.771. The third-order valence-corrected chi connectivity index (χ3v) is 3.07. The Kier molecular flexibility index (Phi) is 3.86. The Bertz CT molecular complexity index is 515. The molecule has 0 atom stereocenters. The van der Waals surface area contributed by atoms with Crippen LogP contribution in [0.3, 0.4) is 0 Å². The number of carbonyl (C=O) groups is 1. The molecule has 1 aromatic rings. The van der Waals surface area contributed by atoms with Gasteiger partial charge in [-0.05, 0) is 32.9 Å². The first-order valence-corrected chi connectivity index (χ1v) is 6.57. The van der Waals surface area contributed by atoms with Gasteiger partial charge in [0.25, 0.3) is 0 Å². The smallest absolute Gasteiger partial charge is 0.417 e. The monoisotopic (exact) mass is 302 g/mol. The van der Waals surface area contributed by atoms with E-state index < -0.39 is 23.4 Å². The van der Waals surface area contributed by atoms with E-state index in [0.29, 0.717) is 18.8 Å². The lowest BCUT2D eigenvalue weighted by Gasteiger charge is -2.39. The standard InChI is InChI=1S/C14H17F3N2O2/c1-13(2,3)21-12(20)19-7-9(8-19)11-5-4-10(6-18-11)14(15,16)17/h4-6,9H,7-8H2,1-3H3. The van der Waals surface area contributed by atoms with Gasteiger partial charge in [0.1, 0.15) is 5.60 Å². The number of likely N-dealkylation sites (tertiary alicyclic amines) is 1. The molecule has 0 aliphatic carbocycles. The molecular formula is C14H17F3N2O2. The highest BCUT2D eigenvalue weighted by Gasteiger charge is 2.36. The maximum Gasteiger partial charge on any atom is 0.417 e. The second-order valence-electron chi connectivity index (χ2n) is 6.05. The highest BCUT2D eigenvalue weighted by Crippen LogP contribution is 2.31. The summed E-state index contributed by atoms with van der Waals surface area (Å²) in [7, 11) is 0. The van der Waals surface area contributed by atoms with Crippen molar-refractivity contribution in [1.29, 1.82) is 0 Å². The fourth-order valence-corrected chi connectivity index (χ4v) is 1.96. The molecule has 7 heteroatoms. The van der Waals surface area contributed by atoms with Gasteiger partial charge in [-0.25, -0.2) is 4.79 Å². The number of alkyl halides is 3. The minimum Gasteiger partial charge on any atom is -0.444 e.